The molecule has 30 heavy (non-hydrogen) atoms. The molecule has 2 aromatic carbocycles. The Bertz CT molecular complexity index is 843. The molecule has 6 nitrogen and oxygen atoms in total. The average Bonchev–Trinajstić information content (AvgIpc) is 2.73. The second kappa shape index (κ2) is 11.4. The molecule has 0 heterocycles. The molecular formula is C23H28N2O4S. The summed E-state index contributed by atoms with van der Waals surface area (Å²) in [5, 5.41) is 14.1. The summed E-state index contributed by atoms with van der Waals surface area (Å²) in [4.78, 5) is 37.2. The Kier molecular flexibility index (Phi) is 8.92. The highest BCUT2D eigenvalue weighted by Gasteiger charge is 2.29. The van der Waals surface area contributed by atoms with Gasteiger partial charge in [0.15, 0.2) is 0 Å². The molecule has 0 aliphatic heterocycles. The van der Waals surface area contributed by atoms with Gasteiger partial charge in [-0.15, -0.1) is 0 Å². The number of hydrogen-bond acceptors (Lipinski definition) is 4. The van der Waals surface area contributed by atoms with Gasteiger partial charge in [0.2, 0.25) is 11.8 Å². The van der Waals surface area contributed by atoms with E-state index in [2.05, 4.69) is 23.3 Å². The molecule has 0 aliphatic rings. The third-order valence-corrected chi connectivity index (χ3v) is 5.13. The first kappa shape index (κ1) is 23.5. The van der Waals surface area contributed by atoms with Crippen LogP contribution >= 0.6 is 12.6 Å². The predicted octanol–water partition coefficient (Wildman–Crippen LogP) is 3.00. The van der Waals surface area contributed by atoms with Gasteiger partial charge in [-0.3, -0.25) is 9.59 Å². The monoisotopic (exact) mass is 428 g/mol. The zero-order chi connectivity index (χ0) is 22.1. The lowest BCUT2D eigenvalue weighted by atomic mass is 10.0. The summed E-state index contributed by atoms with van der Waals surface area (Å²) in [7, 11) is 0. The molecule has 3 N–H and O–H groups in total. The van der Waals surface area contributed by atoms with Crippen molar-refractivity contribution in [2.75, 3.05) is 0 Å². The van der Waals surface area contributed by atoms with Gasteiger partial charge in [-0.05, 0) is 23.5 Å². The first-order valence-electron chi connectivity index (χ1n) is 9.88. The Hall–Kier alpha value is -2.80. The Balaban J connectivity index is 2.09. The molecule has 0 saturated carbocycles. The summed E-state index contributed by atoms with van der Waals surface area (Å²) in [6.07, 6.45) is 0.536. The van der Waals surface area contributed by atoms with E-state index < -0.39 is 35.1 Å². The van der Waals surface area contributed by atoms with E-state index in [0.717, 1.165) is 11.1 Å². The van der Waals surface area contributed by atoms with Crippen LogP contribution in [0.5, 0.6) is 0 Å². The molecule has 2 rings (SSSR count). The van der Waals surface area contributed by atoms with Gasteiger partial charge in [0, 0.05) is 6.42 Å². The van der Waals surface area contributed by atoms with E-state index in [1.807, 2.05) is 50.2 Å². The Morgan fingerprint density at radius 3 is 1.93 bits per heavy atom. The summed E-state index contributed by atoms with van der Waals surface area (Å²) in [6, 6.07) is 16.2. The second-order valence-electron chi connectivity index (χ2n) is 7.59. The maximum absolute atomic E-state index is 12.9. The van der Waals surface area contributed by atoms with E-state index in [4.69, 9.17) is 0 Å². The number of aliphatic carboxylic acids is 1. The Labute approximate surface area is 182 Å². The first-order valence-corrected chi connectivity index (χ1v) is 10.4. The molecule has 160 valence electrons. The molecule has 3 atom stereocenters. The number of hydrogen-bond donors (Lipinski definition) is 4. The zero-order valence-corrected chi connectivity index (χ0v) is 18.0. The maximum Gasteiger partial charge on any atom is 0.326 e. The number of carboxylic acid groups (broad SMARTS) is 1. The van der Waals surface area contributed by atoms with Crippen molar-refractivity contribution in [2.24, 2.45) is 5.92 Å². The van der Waals surface area contributed by atoms with E-state index >= 15 is 0 Å². The highest BCUT2D eigenvalue weighted by molar-refractivity contribution is 7.81. The lowest BCUT2D eigenvalue weighted by Gasteiger charge is -2.24. The quantitative estimate of drug-likeness (QED) is 0.438. The van der Waals surface area contributed by atoms with Crippen molar-refractivity contribution < 1.29 is 19.5 Å². The van der Waals surface area contributed by atoms with Crippen LogP contribution in [0.1, 0.15) is 36.6 Å². The minimum atomic E-state index is -1.13. The zero-order valence-electron chi connectivity index (χ0n) is 17.1. The molecule has 7 heteroatoms. The van der Waals surface area contributed by atoms with Gasteiger partial charge in [0.25, 0.3) is 0 Å². The van der Waals surface area contributed by atoms with Crippen LogP contribution in [0.25, 0.3) is 0 Å². The largest absolute Gasteiger partial charge is 0.480 e. The van der Waals surface area contributed by atoms with Gasteiger partial charge < -0.3 is 15.7 Å². The molecule has 2 aromatic rings. The van der Waals surface area contributed by atoms with E-state index in [0.29, 0.717) is 6.42 Å². The summed E-state index contributed by atoms with van der Waals surface area (Å²) in [5.74, 6) is -1.93. The summed E-state index contributed by atoms with van der Waals surface area (Å²) >= 11 is 4.38. The number of benzene rings is 2. The van der Waals surface area contributed by atoms with Crippen LogP contribution < -0.4 is 10.6 Å². The van der Waals surface area contributed by atoms with E-state index in [1.54, 1.807) is 24.3 Å². The van der Waals surface area contributed by atoms with E-state index in [9.17, 15) is 19.5 Å². The minimum absolute atomic E-state index is 0.119. The number of amides is 2. The number of nitrogens with one attached hydrogen (secondary N) is 2. The molecule has 0 aliphatic carbocycles. The standard InChI is InChI=1S/C23H28N2O4S/c1-15(2)13-18(24-22(27)20(30)17-11-7-4-8-12-17)21(26)25-19(23(28)29)14-16-9-5-3-6-10-16/h3-12,15,18-20,30H,13-14H2,1-2H3,(H,24,27)(H,25,26)(H,28,29)/t18-,19-,20?/m0/s1. The van der Waals surface area contributed by atoms with Crippen molar-refractivity contribution >= 4 is 30.4 Å². The Morgan fingerprint density at radius 2 is 1.40 bits per heavy atom. The van der Waals surface area contributed by atoms with Gasteiger partial charge in [0.1, 0.15) is 17.3 Å². The molecule has 1 unspecified atom stereocenters. The molecule has 2 amide bonds. The number of carbonyl (C=O) groups excluding carboxylic acids is 2. The maximum atomic E-state index is 12.9. The lowest BCUT2D eigenvalue weighted by Crippen LogP contribution is -2.53. The number of carboxylic acids is 1. The fourth-order valence-corrected chi connectivity index (χ4v) is 3.31. The van der Waals surface area contributed by atoms with Crippen LogP contribution in [0.15, 0.2) is 60.7 Å². The molecule has 0 spiro atoms. The molecule has 0 fully saturated rings. The fourth-order valence-electron chi connectivity index (χ4n) is 3.06. The van der Waals surface area contributed by atoms with E-state index in [-0.39, 0.29) is 12.3 Å². The van der Waals surface area contributed by atoms with Crippen LogP contribution in [0.3, 0.4) is 0 Å². The van der Waals surface area contributed by atoms with Crippen molar-refractivity contribution in [3.63, 3.8) is 0 Å². The fraction of sp³-hybridized carbons (Fsp3) is 0.348. The topological polar surface area (TPSA) is 95.5 Å². The highest BCUT2D eigenvalue weighted by atomic mass is 32.1. The first-order chi connectivity index (χ1) is 14.3. The van der Waals surface area contributed by atoms with Crippen LogP contribution in [-0.4, -0.2) is 35.0 Å². The Morgan fingerprint density at radius 1 is 0.867 bits per heavy atom. The van der Waals surface area contributed by atoms with Gasteiger partial charge >= 0.3 is 5.97 Å². The van der Waals surface area contributed by atoms with Gasteiger partial charge in [-0.2, -0.15) is 12.6 Å². The number of thiol groups is 1. The van der Waals surface area contributed by atoms with Crippen LogP contribution in [0.4, 0.5) is 0 Å². The summed E-state index contributed by atoms with van der Waals surface area (Å²) in [6.45, 7) is 3.86. The molecular weight excluding hydrogens is 400 g/mol. The molecule has 0 radical (unpaired) electrons. The normalized spacial score (nSPS) is 13.9. The SMILES string of the molecule is CC(C)C[C@H](NC(=O)C(S)c1ccccc1)C(=O)N[C@@H](Cc1ccccc1)C(=O)O. The van der Waals surface area contributed by atoms with Crippen molar-refractivity contribution in [1.29, 1.82) is 0 Å². The second-order valence-corrected chi connectivity index (χ2v) is 8.11. The summed E-state index contributed by atoms with van der Waals surface area (Å²) < 4.78 is 0. The van der Waals surface area contributed by atoms with Gasteiger partial charge in [0.05, 0.1) is 0 Å². The predicted molar refractivity (Wildman–Crippen MR) is 119 cm³/mol. The average molecular weight is 429 g/mol. The molecule has 0 bridgehead atoms. The molecule has 0 aromatic heterocycles. The van der Waals surface area contributed by atoms with Crippen molar-refractivity contribution in [1.82, 2.24) is 10.6 Å². The highest BCUT2D eigenvalue weighted by Crippen LogP contribution is 2.20. The van der Waals surface area contributed by atoms with E-state index in [1.165, 1.54) is 0 Å². The van der Waals surface area contributed by atoms with Crippen LogP contribution in [0, 0.1) is 5.92 Å². The van der Waals surface area contributed by atoms with Crippen LogP contribution in [-0.2, 0) is 20.8 Å². The van der Waals surface area contributed by atoms with Gasteiger partial charge in [-0.25, -0.2) is 4.79 Å². The minimum Gasteiger partial charge on any atom is -0.480 e. The number of rotatable bonds is 10. The summed E-state index contributed by atoms with van der Waals surface area (Å²) in [5.41, 5.74) is 1.52. The smallest absolute Gasteiger partial charge is 0.326 e. The number of carbonyl (C=O) groups is 3. The van der Waals surface area contributed by atoms with Gasteiger partial charge in [-0.1, -0.05) is 74.5 Å². The van der Waals surface area contributed by atoms with Crippen LogP contribution in [0.2, 0.25) is 0 Å². The lowest BCUT2D eigenvalue weighted by molar-refractivity contribution is -0.142. The third kappa shape index (κ3) is 7.22. The molecule has 0 saturated heterocycles. The van der Waals surface area contributed by atoms with Crippen molar-refractivity contribution in [3.05, 3.63) is 71.8 Å². The van der Waals surface area contributed by atoms with Crippen molar-refractivity contribution in [3.8, 4) is 0 Å². The van der Waals surface area contributed by atoms with Crippen molar-refractivity contribution in [2.45, 2.75) is 44.0 Å². The third-order valence-electron chi connectivity index (χ3n) is 4.60.